The summed E-state index contributed by atoms with van der Waals surface area (Å²) in [7, 11) is -3.92. The average Bonchev–Trinajstić information content (AvgIpc) is 2.83. The Labute approximate surface area is 203 Å². The van der Waals surface area contributed by atoms with Crippen LogP contribution in [-0.2, 0) is 21.4 Å². The van der Waals surface area contributed by atoms with E-state index in [1.54, 1.807) is 36.4 Å². The van der Waals surface area contributed by atoms with Gasteiger partial charge >= 0.3 is 0 Å². The number of sulfonamides is 1. The van der Waals surface area contributed by atoms with E-state index in [1.165, 1.54) is 0 Å². The maximum Gasteiger partial charge on any atom is 0.264 e. The normalized spacial score (nSPS) is 11.2. The van der Waals surface area contributed by atoms with Crippen molar-refractivity contribution in [3.63, 3.8) is 0 Å². The zero-order valence-electron chi connectivity index (χ0n) is 20.3. The summed E-state index contributed by atoms with van der Waals surface area (Å²) in [6.45, 7) is 9.93. The molecule has 3 rings (SSSR count). The summed E-state index contributed by atoms with van der Waals surface area (Å²) in [6, 6.07) is 21.8. The maximum atomic E-state index is 13.4. The summed E-state index contributed by atoms with van der Waals surface area (Å²) in [6.07, 6.45) is 0. The number of nitrogens with one attached hydrogen (secondary N) is 1. The monoisotopic (exact) mass is 479 g/mol. The van der Waals surface area contributed by atoms with Gasteiger partial charge in [-0.3, -0.25) is 9.10 Å². The Balaban J connectivity index is 1.76. The SMILES string of the molecule is CCN(CC)c1ccc(CNC(=O)CN(c2ccc(C)cc2)S(=O)(=O)c2ccc(C)cc2)cc1. The first-order valence-corrected chi connectivity index (χ1v) is 12.9. The maximum absolute atomic E-state index is 13.4. The van der Waals surface area contributed by atoms with Gasteiger partial charge < -0.3 is 10.2 Å². The Morgan fingerprint density at radius 1 is 0.765 bits per heavy atom. The molecule has 7 heteroatoms. The number of carbonyl (C=O) groups excluding carboxylic acids is 1. The smallest absolute Gasteiger partial charge is 0.264 e. The molecule has 6 nitrogen and oxygen atoms in total. The van der Waals surface area contributed by atoms with Crippen LogP contribution < -0.4 is 14.5 Å². The lowest BCUT2D eigenvalue weighted by molar-refractivity contribution is -0.119. The molecule has 0 saturated heterocycles. The van der Waals surface area contributed by atoms with Crippen molar-refractivity contribution in [2.75, 3.05) is 28.8 Å². The van der Waals surface area contributed by atoms with E-state index in [1.807, 2.05) is 50.2 Å². The molecule has 0 radical (unpaired) electrons. The van der Waals surface area contributed by atoms with Crippen molar-refractivity contribution < 1.29 is 13.2 Å². The molecule has 0 fully saturated rings. The Morgan fingerprint density at radius 2 is 1.26 bits per heavy atom. The Morgan fingerprint density at radius 3 is 1.79 bits per heavy atom. The summed E-state index contributed by atoms with van der Waals surface area (Å²) in [5, 5.41) is 2.86. The zero-order valence-corrected chi connectivity index (χ0v) is 21.1. The van der Waals surface area contributed by atoms with Crippen LogP contribution in [0.1, 0.15) is 30.5 Å². The standard InChI is InChI=1S/C27H33N3O3S/c1-5-29(6-2)24-15-11-23(12-16-24)19-28-27(31)20-30(25-13-7-21(3)8-14-25)34(32,33)26-17-9-22(4)10-18-26/h7-18H,5-6,19-20H2,1-4H3,(H,28,31). The Hall–Kier alpha value is -3.32. The number of anilines is 2. The summed E-state index contributed by atoms with van der Waals surface area (Å²) in [4.78, 5) is 15.2. The molecule has 0 atom stereocenters. The predicted molar refractivity (Wildman–Crippen MR) is 139 cm³/mol. The van der Waals surface area contributed by atoms with Crippen LogP contribution in [0.15, 0.2) is 77.7 Å². The highest BCUT2D eigenvalue weighted by Crippen LogP contribution is 2.24. The molecule has 0 spiro atoms. The lowest BCUT2D eigenvalue weighted by Gasteiger charge is -2.24. The third kappa shape index (κ3) is 6.17. The van der Waals surface area contributed by atoms with Gasteiger partial charge in [0.15, 0.2) is 0 Å². The van der Waals surface area contributed by atoms with Gasteiger partial charge in [-0.05, 0) is 69.7 Å². The molecule has 0 saturated carbocycles. The van der Waals surface area contributed by atoms with Gasteiger partial charge in [-0.15, -0.1) is 0 Å². The van der Waals surface area contributed by atoms with Crippen molar-refractivity contribution in [1.29, 1.82) is 0 Å². The highest BCUT2D eigenvalue weighted by molar-refractivity contribution is 7.92. The van der Waals surface area contributed by atoms with Gasteiger partial charge in [-0.25, -0.2) is 8.42 Å². The number of aryl methyl sites for hydroxylation is 2. The molecule has 0 aliphatic heterocycles. The fraction of sp³-hybridized carbons (Fsp3) is 0.296. The van der Waals surface area contributed by atoms with Crippen LogP contribution in [0.4, 0.5) is 11.4 Å². The molecule has 1 amide bonds. The summed E-state index contributed by atoms with van der Waals surface area (Å²) < 4.78 is 28.0. The highest BCUT2D eigenvalue weighted by Gasteiger charge is 2.27. The Kier molecular flexibility index (Phi) is 8.34. The second kappa shape index (κ2) is 11.2. The largest absolute Gasteiger partial charge is 0.372 e. The van der Waals surface area contributed by atoms with Gasteiger partial charge in [-0.2, -0.15) is 0 Å². The van der Waals surface area contributed by atoms with Crippen LogP contribution in [0, 0.1) is 13.8 Å². The van der Waals surface area contributed by atoms with Crippen LogP contribution in [0.5, 0.6) is 0 Å². The van der Waals surface area contributed by atoms with E-state index >= 15 is 0 Å². The van der Waals surface area contributed by atoms with E-state index in [-0.39, 0.29) is 17.3 Å². The third-order valence-electron chi connectivity index (χ3n) is 5.77. The van der Waals surface area contributed by atoms with Gasteiger partial charge in [0.05, 0.1) is 10.6 Å². The number of benzene rings is 3. The van der Waals surface area contributed by atoms with Gasteiger partial charge in [0, 0.05) is 25.3 Å². The molecule has 0 bridgehead atoms. The molecule has 34 heavy (non-hydrogen) atoms. The second-order valence-electron chi connectivity index (χ2n) is 8.28. The molecule has 0 unspecified atom stereocenters. The van der Waals surface area contributed by atoms with Crippen molar-refractivity contribution in [2.24, 2.45) is 0 Å². The molecular weight excluding hydrogens is 446 g/mol. The van der Waals surface area contributed by atoms with E-state index in [4.69, 9.17) is 0 Å². The minimum atomic E-state index is -3.92. The van der Waals surface area contributed by atoms with Crippen LogP contribution in [0.3, 0.4) is 0 Å². The number of hydrogen-bond acceptors (Lipinski definition) is 4. The van der Waals surface area contributed by atoms with E-state index < -0.39 is 10.0 Å². The van der Waals surface area contributed by atoms with Crippen LogP contribution in [0.25, 0.3) is 0 Å². The Bertz CT molecular complexity index is 1190. The van der Waals surface area contributed by atoms with Crippen LogP contribution in [0.2, 0.25) is 0 Å². The minimum Gasteiger partial charge on any atom is -0.372 e. The quantitative estimate of drug-likeness (QED) is 0.459. The molecule has 0 aliphatic rings. The number of rotatable bonds is 10. The third-order valence-corrected chi connectivity index (χ3v) is 7.56. The van der Waals surface area contributed by atoms with E-state index in [0.717, 1.165) is 39.8 Å². The first-order chi connectivity index (χ1) is 16.2. The second-order valence-corrected chi connectivity index (χ2v) is 10.1. The van der Waals surface area contributed by atoms with E-state index in [2.05, 4.69) is 24.1 Å². The fourth-order valence-corrected chi connectivity index (χ4v) is 5.08. The number of hydrogen-bond donors (Lipinski definition) is 1. The number of carbonyl (C=O) groups is 1. The van der Waals surface area contributed by atoms with Gasteiger partial charge in [-0.1, -0.05) is 47.5 Å². The summed E-state index contributed by atoms with van der Waals surface area (Å²) >= 11 is 0. The van der Waals surface area contributed by atoms with Gasteiger partial charge in [0.25, 0.3) is 10.0 Å². The van der Waals surface area contributed by atoms with Crippen LogP contribution in [-0.4, -0.2) is 34.0 Å². The lowest BCUT2D eigenvalue weighted by atomic mass is 10.2. The predicted octanol–water partition coefficient (Wildman–Crippen LogP) is 4.66. The molecule has 0 aromatic heterocycles. The van der Waals surface area contributed by atoms with Crippen molar-refractivity contribution in [3.8, 4) is 0 Å². The average molecular weight is 480 g/mol. The summed E-state index contributed by atoms with van der Waals surface area (Å²) in [5.41, 5.74) is 4.51. The van der Waals surface area contributed by atoms with E-state index in [0.29, 0.717) is 12.2 Å². The number of nitrogens with zero attached hydrogens (tertiary/aromatic N) is 2. The molecular formula is C27H33N3O3S. The lowest BCUT2D eigenvalue weighted by Crippen LogP contribution is -2.40. The first kappa shape index (κ1) is 25.3. The molecule has 180 valence electrons. The molecule has 3 aromatic rings. The van der Waals surface area contributed by atoms with E-state index in [9.17, 15) is 13.2 Å². The fourth-order valence-electron chi connectivity index (χ4n) is 3.66. The highest BCUT2D eigenvalue weighted by atomic mass is 32.2. The topological polar surface area (TPSA) is 69.7 Å². The van der Waals surface area contributed by atoms with Gasteiger partial charge in [0.2, 0.25) is 5.91 Å². The van der Waals surface area contributed by atoms with Crippen molar-refractivity contribution in [2.45, 2.75) is 39.1 Å². The first-order valence-electron chi connectivity index (χ1n) is 11.5. The van der Waals surface area contributed by atoms with Crippen molar-refractivity contribution in [1.82, 2.24) is 5.32 Å². The van der Waals surface area contributed by atoms with Gasteiger partial charge in [0.1, 0.15) is 6.54 Å². The molecule has 3 aromatic carbocycles. The number of amides is 1. The minimum absolute atomic E-state index is 0.151. The van der Waals surface area contributed by atoms with Crippen molar-refractivity contribution >= 4 is 27.3 Å². The molecule has 0 heterocycles. The molecule has 0 aliphatic carbocycles. The van der Waals surface area contributed by atoms with Crippen molar-refractivity contribution in [3.05, 3.63) is 89.5 Å². The van der Waals surface area contributed by atoms with Crippen LogP contribution >= 0.6 is 0 Å². The zero-order chi connectivity index (χ0) is 24.7. The molecule has 1 N–H and O–H groups in total. The summed E-state index contributed by atoms with van der Waals surface area (Å²) in [5.74, 6) is -0.371.